The van der Waals surface area contributed by atoms with Gasteiger partial charge in [0.15, 0.2) is 0 Å². The topological polar surface area (TPSA) is 64.7 Å². The number of hydrogen-bond acceptors (Lipinski definition) is 3. The Labute approximate surface area is 212 Å². The minimum Gasteiger partial charge on any atom is -0.326 e. The number of anilines is 1. The summed E-state index contributed by atoms with van der Waals surface area (Å²) in [5.74, 6) is -1.57. The number of amides is 1. The second-order valence-corrected chi connectivity index (χ2v) is 9.54. The van der Waals surface area contributed by atoms with E-state index < -0.39 is 11.6 Å². The molecule has 6 rings (SSSR count). The van der Waals surface area contributed by atoms with Gasteiger partial charge in [0, 0.05) is 41.7 Å². The molecule has 0 unspecified atom stereocenters. The summed E-state index contributed by atoms with van der Waals surface area (Å²) in [6, 6.07) is 15.3. The summed E-state index contributed by atoms with van der Waals surface area (Å²) < 4.78 is 32.1. The Morgan fingerprint density at radius 1 is 0.973 bits per heavy atom. The second kappa shape index (κ2) is 9.28. The second-order valence-electron chi connectivity index (χ2n) is 9.54. The first kappa shape index (κ1) is 23.1. The van der Waals surface area contributed by atoms with Gasteiger partial charge in [-0.3, -0.25) is 14.0 Å². The molecule has 1 aliphatic carbocycles. The molecule has 1 N–H and O–H groups in total. The largest absolute Gasteiger partial charge is 0.326 e. The predicted octanol–water partition coefficient (Wildman–Crippen LogP) is 6.91. The van der Waals surface area contributed by atoms with Crippen molar-refractivity contribution in [3.05, 3.63) is 85.0 Å². The molecule has 3 aromatic carbocycles. The van der Waals surface area contributed by atoms with Gasteiger partial charge in [0.25, 0.3) is 0 Å². The van der Waals surface area contributed by atoms with E-state index in [0.717, 1.165) is 28.2 Å². The molecule has 0 radical (unpaired) electrons. The Hall–Kier alpha value is -4.33. The van der Waals surface area contributed by atoms with Gasteiger partial charge in [0.1, 0.15) is 18.0 Å². The van der Waals surface area contributed by atoms with Crippen LogP contribution >= 0.6 is 0 Å². The van der Waals surface area contributed by atoms with E-state index in [1.807, 2.05) is 29.0 Å². The van der Waals surface area contributed by atoms with Crippen molar-refractivity contribution in [1.29, 1.82) is 0 Å². The first-order valence-electron chi connectivity index (χ1n) is 12.3. The Morgan fingerprint density at radius 3 is 2.59 bits per heavy atom. The number of carbonyl (C=O) groups excluding carboxylic acids is 1. The Morgan fingerprint density at radius 2 is 1.81 bits per heavy atom. The maximum absolute atomic E-state index is 14.6. The zero-order chi connectivity index (χ0) is 25.5. The number of halogens is 2. The maximum Gasteiger partial charge on any atom is 0.221 e. The van der Waals surface area contributed by atoms with Crippen LogP contribution in [0.5, 0.6) is 0 Å². The van der Waals surface area contributed by atoms with Crippen LogP contribution in [0.1, 0.15) is 38.6 Å². The zero-order valence-electron chi connectivity index (χ0n) is 20.3. The minimum atomic E-state index is -0.677. The Kier molecular flexibility index (Phi) is 5.79. The van der Waals surface area contributed by atoms with E-state index in [1.165, 1.54) is 44.7 Å². The van der Waals surface area contributed by atoms with Crippen LogP contribution in [0.25, 0.3) is 39.0 Å². The highest BCUT2D eigenvalue weighted by Gasteiger charge is 2.18. The van der Waals surface area contributed by atoms with Crippen LogP contribution in [0.2, 0.25) is 0 Å². The molecule has 6 nitrogen and oxygen atoms in total. The standard InChI is InChI=1S/C29H25F2N5O/c1-18(37)34-23-10-20(26-8-7-22(30)13-27(26)31)11-25(14-23)35-17-32-28-12-19(6-9-29(28)35)21-15-33-36(16-21)24-4-2-3-5-24/h6-17,24H,2-5H2,1H3,(H,34,37). The molecule has 1 fully saturated rings. The van der Waals surface area contributed by atoms with Crippen LogP contribution in [-0.4, -0.2) is 25.2 Å². The fraction of sp³-hybridized carbons (Fsp3) is 0.207. The quantitative estimate of drug-likeness (QED) is 0.287. The van der Waals surface area contributed by atoms with Gasteiger partial charge in [-0.15, -0.1) is 0 Å². The van der Waals surface area contributed by atoms with Crippen molar-refractivity contribution < 1.29 is 13.6 Å². The molecule has 8 heteroatoms. The third-order valence-corrected chi connectivity index (χ3v) is 6.94. The van der Waals surface area contributed by atoms with Crippen LogP contribution in [0.15, 0.2) is 73.3 Å². The van der Waals surface area contributed by atoms with E-state index in [2.05, 4.69) is 26.3 Å². The molecule has 0 atom stereocenters. The zero-order valence-corrected chi connectivity index (χ0v) is 20.3. The molecule has 5 aromatic rings. The van der Waals surface area contributed by atoms with E-state index >= 15 is 0 Å². The van der Waals surface area contributed by atoms with Gasteiger partial charge in [-0.05, 0) is 66.4 Å². The number of imidazole rings is 1. The van der Waals surface area contributed by atoms with E-state index in [1.54, 1.807) is 24.5 Å². The summed E-state index contributed by atoms with van der Waals surface area (Å²) in [7, 11) is 0. The van der Waals surface area contributed by atoms with E-state index in [4.69, 9.17) is 0 Å². The average Bonchev–Trinajstić information content (AvgIpc) is 3.63. The highest BCUT2D eigenvalue weighted by atomic mass is 19.1. The molecule has 0 aliphatic heterocycles. The molecule has 2 aromatic heterocycles. The van der Waals surface area contributed by atoms with Crippen molar-refractivity contribution in [3.63, 3.8) is 0 Å². The van der Waals surface area contributed by atoms with Crippen molar-refractivity contribution in [3.8, 4) is 27.9 Å². The molecule has 37 heavy (non-hydrogen) atoms. The van der Waals surface area contributed by atoms with Crippen LogP contribution < -0.4 is 5.32 Å². The van der Waals surface area contributed by atoms with Crippen LogP contribution in [-0.2, 0) is 4.79 Å². The fourth-order valence-electron chi connectivity index (χ4n) is 5.16. The van der Waals surface area contributed by atoms with Gasteiger partial charge in [-0.25, -0.2) is 13.8 Å². The summed E-state index contributed by atoms with van der Waals surface area (Å²) in [6.45, 7) is 1.41. The van der Waals surface area contributed by atoms with Gasteiger partial charge in [-0.1, -0.05) is 18.9 Å². The van der Waals surface area contributed by atoms with E-state index in [9.17, 15) is 13.6 Å². The minimum absolute atomic E-state index is 0.237. The highest BCUT2D eigenvalue weighted by Crippen LogP contribution is 2.33. The van der Waals surface area contributed by atoms with Gasteiger partial charge >= 0.3 is 0 Å². The van der Waals surface area contributed by atoms with Crippen molar-refractivity contribution in [1.82, 2.24) is 19.3 Å². The number of aromatic nitrogens is 4. The summed E-state index contributed by atoms with van der Waals surface area (Å²) in [5, 5.41) is 7.37. The summed E-state index contributed by atoms with van der Waals surface area (Å²) in [6.07, 6.45) is 10.6. The fourth-order valence-corrected chi connectivity index (χ4v) is 5.16. The summed E-state index contributed by atoms with van der Waals surface area (Å²) >= 11 is 0. The van der Waals surface area contributed by atoms with E-state index in [-0.39, 0.29) is 11.5 Å². The van der Waals surface area contributed by atoms with Crippen molar-refractivity contribution in [2.24, 2.45) is 0 Å². The van der Waals surface area contributed by atoms with Crippen LogP contribution in [0.4, 0.5) is 14.5 Å². The molecule has 1 amide bonds. The summed E-state index contributed by atoms with van der Waals surface area (Å²) in [5.41, 5.74) is 5.67. The van der Waals surface area contributed by atoms with Gasteiger partial charge in [0.05, 0.1) is 23.3 Å². The van der Waals surface area contributed by atoms with E-state index in [0.29, 0.717) is 23.0 Å². The molecule has 1 aliphatic rings. The van der Waals surface area contributed by atoms with Crippen LogP contribution in [0, 0.1) is 11.6 Å². The number of benzene rings is 3. The lowest BCUT2D eigenvalue weighted by molar-refractivity contribution is -0.114. The lowest BCUT2D eigenvalue weighted by Crippen LogP contribution is -2.07. The number of nitrogens with one attached hydrogen (secondary N) is 1. The van der Waals surface area contributed by atoms with Gasteiger partial charge in [0.2, 0.25) is 5.91 Å². The van der Waals surface area contributed by atoms with Crippen molar-refractivity contribution in [2.75, 3.05) is 5.32 Å². The third-order valence-electron chi connectivity index (χ3n) is 6.94. The number of rotatable bonds is 5. The Balaban J connectivity index is 1.40. The van der Waals surface area contributed by atoms with Crippen molar-refractivity contribution in [2.45, 2.75) is 38.6 Å². The first-order valence-corrected chi connectivity index (χ1v) is 12.3. The smallest absolute Gasteiger partial charge is 0.221 e. The lowest BCUT2D eigenvalue weighted by Gasteiger charge is -2.13. The molecule has 0 saturated heterocycles. The molecule has 186 valence electrons. The van der Waals surface area contributed by atoms with Crippen LogP contribution in [0.3, 0.4) is 0 Å². The third kappa shape index (κ3) is 4.50. The maximum atomic E-state index is 14.6. The highest BCUT2D eigenvalue weighted by molar-refractivity contribution is 5.91. The first-order chi connectivity index (χ1) is 17.9. The van der Waals surface area contributed by atoms with Gasteiger partial charge in [-0.2, -0.15) is 5.10 Å². The molecular formula is C29H25F2N5O. The molecule has 2 heterocycles. The molecule has 1 saturated carbocycles. The number of nitrogens with zero attached hydrogens (tertiary/aromatic N) is 4. The monoisotopic (exact) mass is 497 g/mol. The molecular weight excluding hydrogens is 472 g/mol. The number of fused-ring (bicyclic) bond motifs is 1. The summed E-state index contributed by atoms with van der Waals surface area (Å²) in [4.78, 5) is 16.4. The Bertz CT molecular complexity index is 1630. The molecule has 0 bridgehead atoms. The normalized spacial score (nSPS) is 13.9. The number of hydrogen-bond donors (Lipinski definition) is 1. The predicted molar refractivity (Wildman–Crippen MR) is 139 cm³/mol. The lowest BCUT2D eigenvalue weighted by atomic mass is 10.0. The number of carbonyl (C=O) groups is 1. The van der Waals surface area contributed by atoms with Gasteiger partial charge < -0.3 is 5.32 Å². The SMILES string of the molecule is CC(=O)Nc1cc(-c2ccc(F)cc2F)cc(-n2cnc3cc(-c4cnn(C5CCCC5)c4)ccc32)c1. The van der Waals surface area contributed by atoms with Crippen molar-refractivity contribution >= 4 is 22.6 Å². The molecule has 0 spiro atoms. The average molecular weight is 498 g/mol.